The molecule has 2 atom stereocenters. The van der Waals surface area contributed by atoms with Crippen LogP contribution in [-0.4, -0.2) is 52.5 Å². The standard InChI is InChI=1S/C26H27Cl2N5OS/c1-4-33-15(2)11-32(12-16(33)3)18-6-7-19(22(28)10-18)26(34)29-17-5-8-21(27)20(9-17)25-30-23-13-35-14-24(23)31-25/h5-10,13-16H,4,11-12H2,1-3H3,(H,29,34)(H,30,31)/t15-,16+. The van der Waals surface area contributed by atoms with Crippen molar-refractivity contribution in [1.82, 2.24) is 14.9 Å². The van der Waals surface area contributed by atoms with Crippen molar-refractivity contribution in [1.29, 1.82) is 0 Å². The molecule has 0 unspecified atom stereocenters. The highest BCUT2D eigenvalue weighted by Crippen LogP contribution is 2.32. The molecule has 1 aliphatic rings. The molecule has 3 heterocycles. The number of piperazine rings is 1. The highest BCUT2D eigenvalue weighted by Gasteiger charge is 2.28. The molecule has 1 aliphatic heterocycles. The second-order valence-corrected chi connectivity index (χ2v) is 10.6. The number of aromatic amines is 1. The molecule has 0 saturated carbocycles. The van der Waals surface area contributed by atoms with E-state index >= 15 is 0 Å². The minimum Gasteiger partial charge on any atom is -0.368 e. The van der Waals surface area contributed by atoms with Crippen LogP contribution >= 0.6 is 34.5 Å². The summed E-state index contributed by atoms with van der Waals surface area (Å²) in [6.45, 7) is 9.61. The maximum Gasteiger partial charge on any atom is 0.257 e. The number of nitrogens with one attached hydrogen (secondary N) is 2. The molecule has 5 rings (SSSR count). The van der Waals surface area contributed by atoms with Gasteiger partial charge in [0.05, 0.1) is 26.6 Å². The first kappa shape index (κ1) is 24.1. The lowest BCUT2D eigenvalue weighted by Crippen LogP contribution is -2.56. The van der Waals surface area contributed by atoms with E-state index in [9.17, 15) is 4.79 Å². The van der Waals surface area contributed by atoms with Gasteiger partial charge in [0.25, 0.3) is 5.91 Å². The third-order valence-electron chi connectivity index (χ3n) is 6.64. The molecule has 9 heteroatoms. The number of likely N-dealkylation sites (N-methyl/N-ethyl adjacent to an activating group) is 1. The monoisotopic (exact) mass is 527 g/mol. The Kier molecular flexibility index (Phi) is 6.77. The van der Waals surface area contributed by atoms with Crippen molar-refractivity contribution < 1.29 is 4.79 Å². The van der Waals surface area contributed by atoms with Crippen molar-refractivity contribution in [2.24, 2.45) is 0 Å². The summed E-state index contributed by atoms with van der Waals surface area (Å²) < 4.78 is 0. The number of H-pyrrole nitrogens is 1. The number of carbonyl (C=O) groups is 1. The number of thiophene rings is 1. The highest BCUT2D eigenvalue weighted by atomic mass is 35.5. The topological polar surface area (TPSA) is 64.3 Å². The van der Waals surface area contributed by atoms with E-state index in [4.69, 9.17) is 23.2 Å². The quantitative estimate of drug-likeness (QED) is 0.300. The fourth-order valence-corrected chi connectivity index (χ4v) is 6.09. The number of amides is 1. The van der Waals surface area contributed by atoms with E-state index < -0.39 is 0 Å². The predicted octanol–water partition coefficient (Wildman–Crippen LogP) is 6.77. The Labute approximate surface area is 218 Å². The van der Waals surface area contributed by atoms with Gasteiger partial charge in [0, 0.05) is 52.9 Å². The van der Waals surface area contributed by atoms with Crippen LogP contribution in [0.2, 0.25) is 10.0 Å². The number of carbonyl (C=O) groups excluding carboxylic acids is 1. The van der Waals surface area contributed by atoms with Gasteiger partial charge in [-0.05, 0) is 56.8 Å². The molecule has 6 nitrogen and oxygen atoms in total. The summed E-state index contributed by atoms with van der Waals surface area (Å²) in [7, 11) is 0. The maximum atomic E-state index is 13.1. The van der Waals surface area contributed by atoms with Gasteiger partial charge in [-0.1, -0.05) is 30.1 Å². The second-order valence-electron chi connectivity index (χ2n) is 9.00. The van der Waals surface area contributed by atoms with Crippen LogP contribution in [-0.2, 0) is 0 Å². The number of rotatable bonds is 5. The Bertz CT molecular complexity index is 1340. The van der Waals surface area contributed by atoms with Gasteiger partial charge in [0.2, 0.25) is 0 Å². The fourth-order valence-electron chi connectivity index (χ4n) is 4.93. The van der Waals surface area contributed by atoms with Crippen molar-refractivity contribution in [3.8, 4) is 11.4 Å². The van der Waals surface area contributed by atoms with Gasteiger partial charge in [-0.3, -0.25) is 9.69 Å². The summed E-state index contributed by atoms with van der Waals surface area (Å²) in [5.41, 5.74) is 4.66. The molecule has 0 spiro atoms. The zero-order valence-corrected chi connectivity index (χ0v) is 22.1. The Morgan fingerprint density at radius 2 is 1.89 bits per heavy atom. The van der Waals surface area contributed by atoms with Crippen molar-refractivity contribution >= 4 is 62.9 Å². The van der Waals surface area contributed by atoms with Crippen molar-refractivity contribution in [3.63, 3.8) is 0 Å². The molecular weight excluding hydrogens is 501 g/mol. The summed E-state index contributed by atoms with van der Waals surface area (Å²) >= 11 is 14.6. The molecule has 0 bridgehead atoms. The van der Waals surface area contributed by atoms with Gasteiger partial charge < -0.3 is 15.2 Å². The van der Waals surface area contributed by atoms with Gasteiger partial charge in [0.15, 0.2) is 0 Å². The smallest absolute Gasteiger partial charge is 0.257 e. The first-order chi connectivity index (χ1) is 16.8. The van der Waals surface area contributed by atoms with Gasteiger partial charge in [-0.15, -0.1) is 11.3 Å². The van der Waals surface area contributed by atoms with E-state index in [-0.39, 0.29) is 5.91 Å². The van der Waals surface area contributed by atoms with Gasteiger partial charge in [-0.2, -0.15) is 0 Å². The Morgan fingerprint density at radius 3 is 2.57 bits per heavy atom. The molecule has 2 aromatic carbocycles. The lowest BCUT2D eigenvalue weighted by molar-refractivity contribution is 0.102. The number of nitrogens with zero attached hydrogens (tertiary/aromatic N) is 3. The lowest BCUT2D eigenvalue weighted by atomic mass is 10.1. The Hall–Kier alpha value is -2.58. The van der Waals surface area contributed by atoms with Crippen molar-refractivity contribution in [2.45, 2.75) is 32.9 Å². The predicted molar refractivity (Wildman–Crippen MR) is 147 cm³/mol. The molecule has 0 aliphatic carbocycles. The highest BCUT2D eigenvalue weighted by molar-refractivity contribution is 7.09. The minimum atomic E-state index is -0.271. The average Bonchev–Trinajstić information content (AvgIpc) is 3.42. The average molecular weight is 529 g/mol. The summed E-state index contributed by atoms with van der Waals surface area (Å²) in [6.07, 6.45) is 0. The molecule has 2 N–H and O–H groups in total. The first-order valence-corrected chi connectivity index (χ1v) is 13.4. The largest absolute Gasteiger partial charge is 0.368 e. The number of benzene rings is 2. The van der Waals surface area contributed by atoms with E-state index in [1.54, 1.807) is 29.5 Å². The van der Waals surface area contributed by atoms with E-state index in [2.05, 4.69) is 45.9 Å². The third-order valence-corrected chi connectivity index (χ3v) is 8.01. The van der Waals surface area contributed by atoms with E-state index in [1.807, 2.05) is 29.0 Å². The van der Waals surface area contributed by atoms with Crippen LogP contribution in [0.15, 0.2) is 47.2 Å². The van der Waals surface area contributed by atoms with Crippen LogP contribution in [0.4, 0.5) is 11.4 Å². The lowest BCUT2D eigenvalue weighted by Gasteiger charge is -2.45. The Morgan fingerprint density at radius 1 is 1.11 bits per heavy atom. The van der Waals surface area contributed by atoms with E-state index in [0.29, 0.717) is 39.2 Å². The molecule has 182 valence electrons. The zero-order valence-electron chi connectivity index (χ0n) is 19.8. The summed E-state index contributed by atoms with van der Waals surface area (Å²) in [4.78, 5) is 25.8. The fraction of sp³-hybridized carbons (Fsp3) is 0.308. The number of fused-ring (bicyclic) bond motifs is 1. The van der Waals surface area contributed by atoms with Crippen LogP contribution in [0, 0.1) is 0 Å². The van der Waals surface area contributed by atoms with Crippen LogP contribution in [0.5, 0.6) is 0 Å². The normalized spacial score (nSPS) is 18.8. The summed E-state index contributed by atoms with van der Waals surface area (Å²) in [6, 6.07) is 11.9. The number of hydrogen-bond acceptors (Lipinski definition) is 5. The number of hydrogen-bond donors (Lipinski definition) is 2. The SMILES string of the molecule is CCN1[C@H](C)CN(c2ccc(C(=O)Nc3ccc(Cl)c(-c4nc5cscc5[nH]4)c3)c(Cl)c2)C[C@@H]1C. The second kappa shape index (κ2) is 9.82. The van der Waals surface area contributed by atoms with Crippen LogP contribution in [0.1, 0.15) is 31.1 Å². The Balaban J connectivity index is 1.33. The van der Waals surface area contributed by atoms with E-state index in [1.165, 1.54) is 0 Å². The third kappa shape index (κ3) is 4.78. The van der Waals surface area contributed by atoms with Crippen LogP contribution in [0.25, 0.3) is 22.4 Å². The summed E-state index contributed by atoms with van der Waals surface area (Å²) in [5, 5.41) is 7.91. The first-order valence-electron chi connectivity index (χ1n) is 11.7. The number of anilines is 2. The molecule has 1 fully saturated rings. The molecule has 1 amide bonds. The zero-order chi connectivity index (χ0) is 24.7. The molecule has 2 aromatic heterocycles. The minimum absolute atomic E-state index is 0.271. The molecular formula is C26H27Cl2N5OS. The van der Waals surface area contributed by atoms with Crippen LogP contribution in [0.3, 0.4) is 0 Å². The van der Waals surface area contributed by atoms with Crippen molar-refractivity contribution in [3.05, 3.63) is 62.8 Å². The van der Waals surface area contributed by atoms with Gasteiger partial charge in [0.1, 0.15) is 5.82 Å². The number of halogens is 2. The van der Waals surface area contributed by atoms with Crippen molar-refractivity contribution in [2.75, 3.05) is 29.9 Å². The summed E-state index contributed by atoms with van der Waals surface area (Å²) in [5.74, 6) is 0.394. The van der Waals surface area contributed by atoms with E-state index in [0.717, 1.165) is 41.9 Å². The maximum absolute atomic E-state index is 13.1. The number of aromatic nitrogens is 2. The number of imidazole rings is 1. The molecule has 4 aromatic rings. The molecule has 0 radical (unpaired) electrons. The van der Waals surface area contributed by atoms with Crippen LogP contribution < -0.4 is 10.2 Å². The van der Waals surface area contributed by atoms with Gasteiger partial charge >= 0.3 is 0 Å². The molecule has 1 saturated heterocycles. The molecule has 35 heavy (non-hydrogen) atoms. The van der Waals surface area contributed by atoms with Gasteiger partial charge in [-0.25, -0.2) is 4.98 Å².